The van der Waals surface area contributed by atoms with Crippen LogP contribution in [0.25, 0.3) is 22.6 Å². The molecule has 4 rings (SSSR count). The van der Waals surface area contributed by atoms with E-state index in [1.807, 2.05) is 19.1 Å². The van der Waals surface area contributed by atoms with E-state index in [4.69, 9.17) is 0 Å². The maximum atomic E-state index is 12.1. The van der Waals surface area contributed by atoms with E-state index in [2.05, 4.69) is 26.8 Å². The van der Waals surface area contributed by atoms with E-state index < -0.39 is 17.5 Å². The van der Waals surface area contributed by atoms with Crippen molar-refractivity contribution in [2.24, 2.45) is 0 Å². The van der Waals surface area contributed by atoms with Gasteiger partial charge in [0.25, 0.3) is 5.91 Å². The highest BCUT2D eigenvalue weighted by atomic mass is 16.4. The highest BCUT2D eigenvalue weighted by Gasteiger charge is 2.42. The molecule has 1 aliphatic heterocycles. The molecular weight excluding hydrogens is 408 g/mol. The van der Waals surface area contributed by atoms with Gasteiger partial charge >= 0.3 is 5.97 Å². The molecule has 1 amide bonds. The summed E-state index contributed by atoms with van der Waals surface area (Å²) in [7, 11) is 1.62. The van der Waals surface area contributed by atoms with Gasteiger partial charge < -0.3 is 15.1 Å². The number of carbonyl (C=O) groups is 2. The van der Waals surface area contributed by atoms with Gasteiger partial charge in [-0.3, -0.25) is 9.78 Å². The molecule has 0 bridgehead atoms. The average molecular weight is 428 g/mol. The van der Waals surface area contributed by atoms with E-state index in [0.717, 1.165) is 5.69 Å². The smallest absolute Gasteiger partial charge is 0.354 e. The van der Waals surface area contributed by atoms with Gasteiger partial charge in [0.1, 0.15) is 0 Å². The fourth-order valence-corrected chi connectivity index (χ4v) is 3.33. The Kier molecular flexibility index (Phi) is 5.43. The fourth-order valence-electron chi connectivity index (χ4n) is 3.33. The van der Waals surface area contributed by atoms with Gasteiger partial charge in [0.15, 0.2) is 11.5 Å². The number of hydrogen-bond donors (Lipinski definition) is 2. The molecule has 3 heterocycles. The number of rotatable bonds is 3. The number of hydrogen-bond acceptors (Lipinski definition) is 6. The van der Waals surface area contributed by atoms with E-state index in [-0.39, 0.29) is 17.9 Å². The van der Waals surface area contributed by atoms with Crippen LogP contribution in [0.2, 0.25) is 0 Å². The monoisotopic (exact) mass is 428 g/mol. The van der Waals surface area contributed by atoms with Crippen LogP contribution in [0.3, 0.4) is 0 Å². The number of nitrogens with zero attached hydrogens (tertiary/aromatic N) is 4. The first-order valence-corrected chi connectivity index (χ1v) is 9.92. The lowest BCUT2D eigenvalue weighted by Crippen LogP contribution is -2.37. The minimum absolute atomic E-state index is 0.143. The maximum Gasteiger partial charge on any atom is 0.354 e. The topological polar surface area (TPSA) is 117 Å². The van der Waals surface area contributed by atoms with Crippen LogP contribution in [0.5, 0.6) is 0 Å². The quantitative estimate of drug-likeness (QED) is 0.614. The Morgan fingerprint density at radius 1 is 1.16 bits per heavy atom. The maximum absolute atomic E-state index is 12.1. The van der Waals surface area contributed by atoms with E-state index in [0.29, 0.717) is 28.9 Å². The molecule has 1 atom stereocenters. The minimum atomic E-state index is -1.70. The summed E-state index contributed by atoms with van der Waals surface area (Å²) < 4.78 is 0. The van der Waals surface area contributed by atoms with Crippen LogP contribution in [0.1, 0.15) is 28.2 Å². The predicted octanol–water partition coefficient (Wildman–Crippen LogP) is 2.16. The van der Waals surface area contributed by atoms with Crippen LogP contribution < -0.4 is 0 Å². The molecule has 0 spiro atoms. The normalized spacial score (nSPS) is 17.7. The summed E-state index contributed by atoms with van der Waals surface area (Å²) in [5.74, 6) is 4.16. The molecular formula is C24H20N4O4. The number of benzene rings is 1. The number of carbonyl (C=O) groups excluding carboxylic acids is 1. The van der Waals surface area contributed by atoms with Crippen LogP contribution in [-0.4, -0.2) is 61.1 Å². The molecule has 2 N–H and O–H groups in total. The number of aromatic nitrogens is 3. The standard InChI is InChI=1S/C24H20N4O4/c1-15-6-7-18(14-25-15)19-13-20(22(29)30)27-21(26-19)17-5-3-4-16(12-17)8-9-24(32)10-11-28(2)23(24)31/h3-7,12-14,32H,10-11H2,1-2H3,(H,29,30). The van der Waals surface area contributed by atoms with E-state index in [1.54, 1.807) is 37.5 Å². The molecule has 1 aliphatic rings. The first-order chi connectivity index (χ1) is 15.2. The average Bonchev–Trinajstić information content (AvgIpc) is 3.06. The van der Waals surface area contributed by atoms with Crippen LogP contribution in [0, 0.1) is 18.8 Å². The van der Waals surface area contributed by atoms with Crippen LogP contribution in [-0.2, 0) is 4.79 Å². The molecule has 8 nitrogen and oxygen atoms in total. The zero-order chi connectivity index (χ0) is 22.9. The van der Waals surface area contributed by atoms with E-state index in [9.17, 15) is 19.8 Å². The summed E-state index contributed by atoms with van der Waals surface area (Å²) in [4.78, 5) is 38.2. The molecule has 3 aromatic rings. The lowest BCUT2D eigenvalue weighted by atomic mass is 10.0. The molecule has 0 aliphatic carbocycles. The van der Waals surface area contributed by atoms with E-state index in [1.165, 1.54) is 11.0 Å². The molecule has 160 valence electrons. The summed E-state index contributed by atoms with van der Waals surface area (Å²) in [5.41, 5.74) is 1.20. The Morgan fingerprint density at radius 3 is 2.62 bits per heavy atom. The van der Waals surface area contributed by atoms with Crippen molar-refractivity contribution in [1.29, 1.82) is 0 Å². The number of carboxylic acids is 1. The third kappa shape index (κ3) is 4.19. The third-order valence-electron chi connectivity index (χ3n) is 5.20. The number of pyridine rings is 1. The molecule has 8 heteroatoms. The van der Waals surface area contributed by atoms with Crippen molar-refractivity contribution < 1.29 is 19.8 Å². The molecule has 1 unspecified atom stereocenters. The third-order valence-corrected chi connectivity index (χ3v) is 5.20. The first-order valence-electron chi connectivity index (χ1n) is 9.92. The Labute approximate surface area is 184 Å². The summed E-state index contributed by atoms with van der Waals surface area (Å²) in [6.45, 7) is 2.30. The van der Waals surface area contributed by atoms with Crippen molar-refractivity contribution in [3.63, 3.8) is 0 Å². The zero-order valence-corrected chi connectivity index (χ0v) is 17.5. The molecule has 1 fully saturated rings. The van der Waals surface area contributed by atoms with Crippen molar-refractivity contribution in [3.8, 4) is 34.5 Å². The van der Waals surface area contributed by atoms with Crippen molar-refractivity contribution >= 4 is 11.9 Å². The number of aryl methyl sites for hydroxylation is 1. The number of aromatic carboxylic acids is 1. The lowest BCUT2D eigenvalue weighted by molar-refractivity contribution is -0.137. The molecule has 0 saturated carbocycles. The lowest BCUT2D eigenvalue weighted by Gasteiger charge is -2.13. The Morgan fingerprint density at radius 2 is 1.97 bits per heavy atom. The van der Waals surface area contributed by atoms with Gasteiger partial charge in [-0.15, -0.1) is 0 Å². The van der Waals surface area contributed by atoms with Crippen LogP contribution in [0.15, 0.2) is 48.7 Å². The van der Waals surface area contributed by atoms with Gasteiger partial charge in [-0.2, -0.15) is 0 Å². The highest BCUT2D eigenvalue weighted by Crippen LogP contribution is 2.24. The highest BCUT2D eigenvalue weighted by molar-refractivity contribution is 5.90. The van der Waals surface area contributed by atoms with Gasteiger partial charge in [-0.1, -0.05) is 24.0 Å². The molecule has 0 radical (unpaired) electrons. The Balaban J connectivity index is 1.73. The van der Waals surface area contributed by atoms with Crippen molar-refractivity contribution in [1.82, 2.24) is 19.9 Å². The largest absolute Gasteiger partial charge is 0.477 e. The molecule has 2 aromatic heterocycles. The second kappa shape index (κ2) is 8.21. The van der Waals surface area contributed by atoms with Gasteiger partial charge in [-0.25, -0.2) is 14.8 Å². The Bertz CT molecular complexity index is 1280. The molecule has 1 saturated heterocycles. The van der Waals surface area contributed by atoms with Crippen molar-refractivity contribution in [3.05, 3.63) is 65.6 Å². The first kappa shape index (κ1) is 21.2. The number of aliphatic hydroxyl groups is 1. The summed E-state index contributed by atoms with van der Waals surface area (Å²) in [6.07, 6.45) is 1.87. The predicted molar refractivity (Wildman–Crippen MR) is 116 cm³/mol. The van der Waals surface area contributed by atoms with E-state index >= 15 is 0 Å². The fraction of sp³-hybridized carbons (Fsp3) is 0.208. The second-order valence-electron chi connectivity index (χ2n) is 7.62. The molecule has 32 heavy (non-hydrogen) atoms. The van der Waals surface area contributed by atoms with Gasteiger partial charge in [0.2, 0.25) is 5.60 Å². The Hall–Kier alpha value is -4.09. The zero-order valence-electron chi connectivity index (χ0n) is 17.5. The summed E-state index contributed by atoms with van der Waals surface area (Å²) in [6, 6.07) is 11.9. The van der Waals surface area contributed by atoms with Gasteiger partial charge in [0.05, 0.1) is 5.69 Å². The van der Waals surface area contributed by atoms with Gasteiger partial charge in [-0.05, 0) is 37.3 Å². The number of amides is 1. The van der Waals surface area contributed by atoms with Crippen LogP contribution in [0.4, 0.5) is 0 Å². The number of carboxylic acid groups (broad SMARTS) is 1. The second-order valence-corrected chi connectivity index (χ2v) is 7.62. The summed E-state index contributed by atoms with van der Waals surface area (Å²) in [5, 5.41) is 20.0. The molecule has 1 aromatic carbocycles. The van der Waals surface area contributed by atoms with Gasteiger partial charge in [0, 0.05) is 48.6 Å². The number of likely N-dealkylation sites (tertiary alicyclic amines) is 1. The SMILES string of the molecule is Cc1ccc(-c2cc(C(=O)O)nc(-c3cccc(C#CC4(O)CCN(C)C4=O)c3)n2)cn1. The van der Waals surface area contributed by atoms with Crippen LogP contribution >= 0.6 is 0 Å². The summed E-state index contributed by atoms with van der Waals surface area (Å²) >= 11 is 0. The number of likely N-dealkylation sites (N-methyl/N-ethyl adjacent to an activating group) is 1. The minimum Gasteiger partial charge on any atom is -0.477 e. The van der Waals surface area contributed by atoms with Crippen molar-refractivity contribution in [2.45, 2.75) is 18.9 Å². The van der Waals surface area contributed by atoms with Crippen molar-refractivity contribution in [2.75, 3.05) is 13.6 Å².